The van der Waals surface area contributed by atoms with E-state index in [1.807, 2.05) is 23.5 Å². The maximum absolute atomic E-state index is 3.86. The van der Waals surface area contributed by atoms with Gasteiger partial charge >= 0.3 is 0 Å². The molecule has 0 radical (unpaired) electrons. The summed E-state index contributed by atoms with van der Waals surface area (Å²) >= 11 is 1.81. The maximum atomic E-state index is 3.86. The molecule has 0 aliphatic rings. The van der Waals surface area contributed by atoms with E-state index in [0.29, 0.717) is 0 Å². The quantitative estimate of drug-likeness (QED) is 0.487. The molecule has 1 heterocycles. The molecule has 1 nitrogen and oxygen atoms in total. The summed E-state index contributed by atoms with van der Waals surface area (Å²) in [6, 6.07) is 18.9. The molecule has 0 spiro atoms. The highest BCUT2D eigenvalue weighted by Crippen LogP contribution is 2.21. The van der Waals surface area contributed by atoms with Crippen LogP contribution in [0.4, 0.5) is 0 Å². The van der Waals surface area contributed by atoms with E-state index >= 15 is 0 Å². The third-order valence-corrected chi connectivity index (χ3v) is 4.30. The van der Waals surface area contributed by atoms with E-state index in [-0.39, 0.29) is 0 Å². The van der Waals surface area contributed by atoms with E-state index in [1.165, 1.54) is 20.8 Å². The van der Waals surface area contributed by atoms with Crippen molar-refractivity contribution in [2.75, 3.05) is 0 Å². The molecule has 1 aromatic heterocycles. The van der Waals surface area contributed by atoms with Gasteiger partial charge in [0.2, 0.25) is 5.52 Å². The van der Waals surface area contributed by atoms with Gasteiger partial charge < -0.3 is 0 Å². The van der Waals surface area contributed by atoms with Crippen LogP contribution in [0.3, 0.4) is 0 Å². The van der Waals surface area contributed by atoms with Crippen molar-refractivity contribution in [1.29, 1.82) is 0 Å². The van der Waals surface area contributed by atoms with Crippen LogP contribution in [0.1, 0.15) is 10.6 Å². The normalized spacial score (nSPS) is 11.2. The summed E-state index contributed by atoms with van der Waals surface area (Å²) in [7, 11) is 0. The molecular weight excluding hydrogens is 262 g/mol. The highest BCUT2D eigenvalue weighted by Gasteiger charge is 2.16. The van der Waals surface area contributed by atoms with Crippen LogP contribution in [0.5, 0.6) is 0 Å². The van der Waals surface area contributed by atoms with Gasteiger partial charge in [0.25, 0.3) is 5.01 Å². The second-order valence-corrected chi connectivity index (χ2v) is 5.61. The van der Waals surface area contributed by atoms with Crippen molar-refractivity contribution in [2.24, 2.45) is 0 Å². The van der Waals surface area contributed by atoms with E-state index in [2.05, 4.69) is 71.8 Å². The molecule has 0 saturated heterocycles. The van der Waals surface area contributed by atoms with Crippen LogP contribution in [0.2, 0.25) is 0 Å². The van der Waals surface area contributed by atoms with Crippen molar-refractivity contribution >= 4 is 33.7 Å². The summed E-state index contributed by atoms with van der Waals surface area (Å²) in [6.45, 7) is 4.69. The molecule has 20 heavy (non-hydrogen) atoms. The largest absolute Gasteiger partial charge is 0.263 e. The zero-order valence-corrected chi connectivity index (χ0v) is 12.0. The number of fused-ring (bicyclic) bond motifs is 1. The number of hydrogen-bond donors (Lipinski definition) is 0. The van der Waals surface area contributed by atoms with E-state index in [4.69, 9.17) is 0 Å². The first-order valence-corrected chi connectivity index (χ1v) is 7.45. The molecule has 2 aromatic carbocycles. The van der Waals surface area contributed by atoms with Crippen LogP contribution in [0, 0.1) is 0 Å². The number of thiazole rings is 1. The summed E-state index contributed by atoms with van der Waals surface area (Å²) in [5.74, 6) is 0. The number of aromatic nitrogens is 1. The van der Waals surface area contributed by atoms with Gasteiger partial charge in [-0.25, -0.2) is 0 Å². The Kier molecular flexibility index (Phi) is 3.75. The van der Waals surface area contributed by atoms with E-state index in [0.717, 1.165) is 6.54 Å². The average Bonchev–Trinajstić information content (AvgIpc) is 2.85. The highest BCUT2D eigenvalue weighted by atomic mass is 32.1. The Morgan fingerprint density at radius 2 is 1.70 bits per heavy atom. The van der Waals surface area contributed by atoms with Gasteiger partial charge in [-0.05, 0) is 23.8 Å². The number of para-hydroxylation sites is 1. The molecule has 2 heteroatoms. The lowest BCUT2D eigenvalue weighted by Gasteiger charge is -1.92. The lowest BCUT2D eigenvalue weighted by molar-refractivity contribution is -0.658. The molecule has 98 valence electrons. The predicted octanol–water partition coefficient (Wildman–Crippen LogP) is 4.55. The molecular formula is C18H16NS+. The van der Waals surface area contributed by atoms with Crippen molar-refractivity contribution in [2.45, 2.75) is 6.54 Å². The van der Waals surface area contributed by atoms with Crippen LogP contribution >= 0.6 is 11.3 Å². The zero-order valence-electron chi connectivity index (χ0n) is 11.2. The number of hydrogen-bond acceptors (Lipinski definition) is 1. The number of rotatable bonds is 4. The smallest absolute Gasteiger partial charge is 0.178 e. The fourth-order valence-electron chi connectivity index (χ4n) is 2.23. The summed E-state index contributed by atoms with van der Waals surface area (Å²) in [4.78, 5) is 0. The molecule has 0 bridgehead atoms. The monoisotopic (exact) mass is 278 g/mol. The van der Waals surface area contributed by atoms with Crippen molar-refractivity contribution in [3.63, 3.8) is 0 Å². The Morgan fingerprint density at radius 1 is 0.950 bits per heavy atom. The van der Waals surface area contributed by atoms with Crippen molar-refractivity contribution in [3.8, 4) is 0 Å². The third kappa shape index (κ3) is 2.56. The summed E-state index contributed by atoms with van der Waals surface area (Å²) in [5, 5.41) is 1.25. The standard InChI is InChI=1S/C18H16NS/c1-2-14-19-16-10-6-7-11-17(16)20-18(19)13-12-15-8-4-3-5-9-15/h2-13H,1,14H2/q+1. The summed E-state index contributed by atoms with van der Waals surface area (Å²) in [6.07, 6.45) is 6.28. The Balaban J connectivity index is 2.04. The van der Waals surface area contributed by atoms with Gasteiger partial charge in [-0.2, -0.15) is 4.57 Å². The van der Waals surface area contributed by atoms with Gasteiger partial charge in [0.1, 0.15) is 4.70 Å². The van der Waals surface area contributed by atoms with Gasteiger partial charge in [0.15, 0.2) is 6.54 Å². The maximum Gasteiger partial charge on any atom is 0.263 e. The lowest BCUT2D eigenvalue weighted by atomic mass is 10.2. The Morgan fingerprint density at radius 3 is 2.50 bits per heavy atom. The molecule has 0 fully saturated rings. The topological polar surface area (TPSA) is 3.88 Å². The minimum Gasteiger partial charge on any atom is -0.178 e. The summed E-state index contributed by atoms with van der Waals surface area (Å²) < 4.78 is 3.61. The highest BCUT2D eigenvalue weighted by molar-refractivity contribution is 7.18. The molecule has 0 N–H and O–H groups in total. The Hall–Kier alpha value is -2.19. The summed E-state index contributed by atoms with van der Waals surface area (Å²) in [5.41, 5.74) is 2.49. The Labute approximate surface area is 123 Å². The first-order chi connectivity index (χ1) is 9.88. The predicted molar refractivity (Wildman–Crippen MR) is 87.6 cm³/mol. The van der Waals surface area contributed by atoms with E-state index < -0.39 is 0 Å². The zero-order chi connectivity index (χ0) is 13.8. The average molecular weight is 278 g/mol. The van der Waals surface area contributed by atoms with Crippen LogP contribution in [-0.4, -0.2) is 0 Å². The number of allylic oxidation sites excluding steroid dienone is 1. The van der Waals surface area contributed by atoms with Crippen LogP contribution in [-0.2, 0) is 6.54 Å². The molecule has 0 aliphatic carbocycles. The minimum atomic E-state index is 0.832. The van der Waals surface area contributed by atoms with E-state index in [9.17, 15) is 0 Å². The van der Waals surface area contributed by atoms with Crippen LogP contribution in [0.25, 0.3) is 22.4 Å². The van der Waals surface area contributed by atoms with Crippen molar-refractivity contribution in [1.82, 2.24) is 0 Å². The second-order valence-electron chi connectivity index (χ2n) is 4.55. The second kappa shape index (κ2) is 5.85. The molecule has 0 unspecified atom stereocenters. The first kappa shape index (κ1) is 12.8. The van der Waals surface area contributed by atoms with Crippen molar-refractivity contribution in [3.05, 3.63) is 77.8 Å². The van der Waals surface area contributed by atoms with Gasteiger partial charge in [-0.1, -0.05) is 60.4 Å². The van der Waals surface area contributed by atoms with Crippen molar-refractivity contribution < 1.29 is 4.57 Å². The molecule has 0 saturated carbocycles. The molecule has 0 amide bonds. The van der Waals surface area contributed by atoms with Gasteiger partial charge in [0, 0.05) is 12.1 Å². The molecule has 0 atom stereocenters. The third-order valence-electron chi connectivity index (χ3n) is 3.17. The SMILES string of the molecule is C=CC[n+]1c(C=Cc2ccccc2)sc2ccccc21. The van der Waals surface area contributed by atoms with Gasteiger partial charge in [0.05, 0.1) is 0 Å². The van der Waals surface area contributed by atoms with Crippen LogP contribution in [0.15, 0.2) is 67.3 Å². The molecule has 3 aromatic rings. The van der Waals surface area contributed by atoms with E-state index in [1.54, 1.807) is 0 Å². The van der Waals surface area contributed by atoms with Gasteiger partial charge in [-0.15, -0.1) is 0 Å². The Bertz CT molecular complexity index is 753. The fourth-order valence-corrected chi connectivity index (χ4v) is 3.30. The van der Waals surface area contributed by atoms with Crippen LogP contribution < -0.4 is 4.57 Å². The lowest BCUT2D eigenvalue weighted by Crippen LogP contribution is -2.33. The van der Waals surface area contributed by atoms with Gasteiger partial charge in [-0.3, -0.25) is 0 Å². The minimum absolute atomic E-state index is 0.832. The number of nitrogens with zero attached hydrogens (tertiary/aromatic N) is 1. The first-order valence-electron chi connectivity index (χ1n) is 6.64. The molecule has 3 rings (SSSR count). The fraction of sp³-hybridized carbons (Fsp3) is 0.0556. The number of benzene rings is 2. The molecule has 0 aliphatic heterocycles.